The number of ether oxygens (including phenoxy) is 1. The topological polar surface area (TPSA) is 114 Å². The third-order valence-electron chi connectivity index (χ3n) is 3.69. The number of oxime groups is 1. The second-order valence-electron chi connectivity index (χ2n) is 4.90. The number of nitro benzene ring substituents is 1. The van der Waals surface area contributed by atoms with Crippen molar-refractivity contribution in [3.05, 3.63) is 33.9 Å². The molecule has 0 atom stereocenters. The van der Waals surface area contributed by atoms with Crippen LogP contribution in [0.5, 0.6) is 0 Å². The number of amidine groups is 1. The summed E-state index contributed by atoms with van der Waals surface area (Å²) >= 11 is 0. The Morgan fingerprint density at radius 1 is 1.52 bits per heavy atom. The number of anilines is 1. The second-order valence-corrected chi connectivity index (χ2v) is 4.90. The van der Waals surface area contributed by atoms with E-state index in [2.05, 4.69) is 5.16 Å². The van der Waals surface area contributed by atoms with Gasteiger partial charge in [-0.05, 0) is 18.9 Å². The Bertz CT molecular complexity index is 555. The van der Waals surface area contributed by atoms with Crippen molar-refractivity contribution in [2.24, 2.45) is 10.9 Å². The average molecular weight is 294 g/mol. The average Bonchev–Trinajstić information content (AvgIpc) is 2.53. The maximum atomic E-state index is 10.9. The van der Waals surface area contributed by atoms with E-state index in [1.165, 1.54) is 12.1 Å². The Hall–Kier alpha value is -2.35. The maximum Gasteiger partial charge on any atom is 0.270 e. The fraction of sp³-hybridized carbons (Fsp3) is 0.462. The molecule has 1 aliphatic heterocycles. The first-order valence-corrected chi connectivity index (χ1v) is 6.61. The molecular formula is C13H18N4O4. The van der Waals surface area contributed by atoms with E-state index in [4.69, 9.17) is 15.7 Å². The smallest absolute Gasteiger partial charge is 0.270 e. The molecule has 0 aromatic heterocycles. The second kappa shape index (κ2) is 6.40. The van der Waals surface area contributed by atoms with Gasteiger partial charge in [0.05, 0.1) is 10.5 Å². The molecule has 1 aromatic carbocycles. The normalized spacial score (nSPS) is 16.7. The van der Waals surface area contributed by atoms with Crippen molar-refractivity contribution < 1.29 is 14.9 Å². The molecule has 8 heteroatoms. The molecular weight excluding hydrogens is 276 g/mol. The zero-order valence-electron chi connectivity index (χ0n) is 11.7. The van der Waals surface area contributed by atoms with Gasteiger partial charge < -0.3 is 20.6 Å². The molecule has 1 saturated heterocycles. The van der Waals surface area contributed by atoms with Crippen LogP contribution >= 0.6 is 0 Å². The standard InChI is InChI=1S/C13H18N4O4/c1-16(9-4-6-21-7-5-9)12-3-2-10(17(19)20)8-11(12)13(14)15-18/h2-3,8-9,18H,4-7H2,1H3,(H2,14,15). The van der Waals surface area contributed by atoms with E-state index in [0.717, 1.165) is 12.8 Å². The van der Waals surface area contributed by atoms with Gasteiger partial charge in [0.25, 0.3) is 5.69 Å². The first kappa shape index (κ1) is 15.0. The van der Waals surface area contributed by atoms with Gasteiger partial charge in [0, 0.05) is 44.1 Å². The van der Waals surface area contributed by atoms with E-state index in [1.54, 1.807) is 6.07 Å². The number of rotatable bonds is 4. The molecule has 0 bridgehead atoms. The highest BCUT2D eigenvalue weighted by Gasteiger charge is 2.23. The third-order valence-corrected chi connectivity index (χ3v) is 3.69. The Morgan fingerprint density at radius 3 is 2.76 bits per heavy atom. The number of hydrogen-bond donors (Lipinski definition) is 2. The van der Waals surface area contributed by atoms with Crippen LogP contribution in [0, 0.1) is 10.1 Å². The van der Waals surface area contributed by atoms with E-state index in [1.807, 2.05) is 11.9 Å². The number of non-ortho nitro benzene ring substituents is 1. The van der Waals surface area contributed by atoms with Crippen LogP contribution in [0.1, 0.15) is 18.4 Å². The quantitative estimate of drug-likeness (QED) is 0.284. The number of benzene rings is 1. The predicted octanol–water partition coefficient (Wildman–Crippen LogP) is 1.30. The lowest BCUT2D eigenvalue weighted by Gasteiger charge is -2.33. The molecule has 0 aliphatic carbocycles. The summed E-state index contributed by atoms with van der Waals surface area (Å²) < 4.78 is 5.33. The summed E-state index contributed by atoms with van der Waals surface area (Å²) in [6.45, 7) is 1.36. The van der Waals surface area contributed by atoms with E-state index < -0.39 is 4.92 Å². The molecule has 2 rings (SSSR count). The molecule has 114 valence electrons. The Morgan fingerprint density at radius 2 is 2.19 bits per heavy atom. The summed E-state index contributed by atoms with van der Waals surface area (Å²) in [5.74, 6) is -0.146. The van der Waals surface area contributed by atoms with Crippen molar-refractivity contribution in [1.82, 2.24) is 0 Å². The van der Waals surface area contributed by atoms with Crippen LogP contribution < -0.4 is 10.6 Å². The lowest BCUT2D eigenvalue weighted by molar-refractivity contribution is -0.384. The summed E-state index contributed by atoms with van der Waals surface area (Å²) in [6, 6.07) is 4.62. The number of nitrogens with two attached hydrogens (primary N) is 1. The van der Waals surface area contributed by atoms with E-state index in [-0.39, 0.29) is 17.6 Å². The van der Waals surface area contributed by atoms with Crippen LogP contribution in [-0.4, -0.2) is 42.3 Å². The van der Waals surface area contributed by atoms with Crippen LogP contribution in [0.25, 0.3) is 0 Å². The predicted molar refractivity (Wildman–Crippen MR) is 77.9 cm³/mol. The van der Waals surface area contributed by atoms with Crippen molar-refractivity contribution in [3.8, 4) is 0 Å². The van der Waals surface area contributed by atoms with Gasteiger partial charge in [0.15, 0.2) is 5.84 Å². The number of nitro groups is 1. The van der Waals surface area contributed by atoms with Gasteiger partial charge in [-0.15, -0.1) is 0 Å². The van der Waals surface area contributed by atoms with Crippen molar-refractivity contribution >= 4 is 17.2 Å². The first-order chi connectivity index (χ1) is 10.0. The third kappa shape index (κ3) is 3.22. The fourth-order valence-corrected chi connectivity index (χ4v) is 2.47. The van der Waals surface area contributed by atoms with Gasteiger partial charge in [-0.3, -0.25) is 10.1 Å². The van der Waals surface area contributed by atoms with E-state index in [9.17, 15) is 10.1 Å². The lowest BCUT2D eigenvalue weighted by Crippen LogP contribution is -2.37. The fourth-order valence-electron chi connectivity index (χ4n) is 2.47. The maximum absolute atomic E-state index is 10.9. The van der Waals surface area contributed by atoms with E-state index >= 15 is 0 Å². The molecule has 0 radical (unpaired) electrons. The Balaban J connectivity index is 2.39. The lowest BCUT2D eigenvalue weighted by atomic mass is 10.0. The van der Waals surface area contributed by atoms with Crippen LogP contribution in [0.2, 0.25) is 0 Å². The first-order valence-electron chi connectivity index (χ1n) is 6.61. The minimum absolute atomic E-state index is 0.0965. The molecule has 1 aliphatic rings. The van der Waals surface area contributed by atoms with Gasteiger partial charge in [0.2, 0.25) is 0 Å². The van der Waals surface area contributed by atoms with Crippen LogP contribution in [-0.2, 0) is 4.74 Å². The van der Waals surface area contributed by atoms with Crippen LogP contribution in [0.4, 0.5) is 11.4 Å². The molecule has 0 unspecified atom stereocenters. The minimum atomic E-state index is -0.508. The molecule has 21 heavy (non-hydrogen) atoms. The highest BCUT2D eigenvalue weighted by atomic mass is 16.6. The summed E-state index contributed by atoms with van der Waals surface area (Å²) in [4.78, 5) is 12.4. The summed E-state index contributed by atoms with van der Waals surface area (Å²) in [5.41, 5.74) is 6.61. The minimum Gasteiger partial charge on any atom is -0.409 e. The molecule has 1 heterocycles. The van der Waals surface area contributed by atoms with Crippen molar-refractivity contribution in [2.45, 2.75) is 18.9 Å². The zero-order chi connectivity index (χ0) is 15.4. The Labute approximate surface area is 121 Å². The molecule has 3 N–H and O–H groups in total. The highest BCUT2D eigenvalue weighted by Crippen LogP contribution is 2.28. The summed E-state index contributed by atoms with van der Waals surface area (Å²) in [5, 5.41) is 22.7. The van der Waals surface area contributed by atoms with Crippen molar-refractivity contribution in [3.63, 3.8) is 0 Å². The molecule has 0 spiro atoms. The SMILES string of the molecule is CN(c1ccc([N+](=O)[O-])cc1C(N)=NO)C1CCOCC1. The Kier molecular flexibility index (Phi) is 4.59. The number of nitrogens with zero attached hydrogens (tertiary/aromatic N) is 3. The summed E-state index contributed by atoms with van der Waals surface area (Å²) in [7, 11) is 1.89. The zero-order valence-corrected chi connectivity index (χ0v) is 11.7. The molecule has 1 aromatic rings. The van der Waals surface area contributed by atoms with Gasteiger partial charge >= 0.3 is 0 Å². The van der Waals surface area contributed by atoms with E-state index in [0.29, 0.717) is 24.5 Å². The molecule has 1 fully saturated rings. The van der Waals surface area contributed by atoms with Gasteiger partial charge in [-0.25, -0.2) is 0 Å². The van der Waals surface area contributed by atoms with Crippen LogP contribution in [0.15, 0.2) is 23.4 Å². The van der Waals surface area contributed by atoms with Gasteiger partial charge in [0.1, 0.15) is 0 Å². The van der Waals surface area contributed by atoms with Crippen molar-refractivity contribution in [2.75, 3.05) is 25.2 Å². The highest BCUT2D eigenvalue weighted by molar-refractivity contribution is 6.02. The van der Waals surface area contributed by atoms with Gasteiger partial charge in [-0.2, -0.15) is 0 Å². The molecule has 8 nitrogen and oxygen atoms in total. The van der Waals surface area contributed by atoms with Crippen molar-refractivity contribution in [1.29, 1.82) is 0 Å². The molecule has 0 saturated carbocycles. The van der Waals surface area contributed by atoms with Gasteiger partial charge in [-0.1, -0.05) is 5.16 Å². The number of hydrogen-bond acceptors (Lipinski definition) is 6. The van der Waals surface area contributed by atoms with Crippen LogP contribution in [0.3, 0.4) is 0 Å². The molecule has 0 amide bonds. The largest absolute Gasteiger partial charge is 0.409 e. The summed E-state index contributed by atoms with van der Waals surface area (Å²) in [6.07, 6.45) is 1.73. The monoisotopic (exact) mass is 294 g/mol.